The number of nitrogens with zero attached hydrogens (tertiary/aromatic N) is 2. The Balaban J connectivity index is 1.52. The highest BCUT2D eigenvalue weighted by Crippen LogP contribution is 2.31. The first-order valence-electron chi connectivity index (χ1n) is 9.88. The van der Waals surface area contributed by atoms with Gasteiger partial charge in [-0.1, -0.05) is 6.07 Å². The summed E-state index contributed by atoms with van der Waals surface area (Å²) in [4.78, 5) is 15.0. The smallest absolute Gasteiger partial charge is 0.251 e. The van der Waals surface area contributed by atoms with Gasteiger partial charge in [-0.15, -0.1) is 0 Å². The lowest BCUT2D eigenvalue weighted by molar-refractivity contribution is 0.0946. The van der Waals surface area contributed by atoms with E-state index in [1.54, 1.807) is 12.1 Å². The molecule has 0 saturated carbocycles. The van der Waals surface area contributed by atoms with Gasteiger partial charge in [-0.3, -0.25) is 9.10 Å². The molecule has 150 valence electrons. The molecule has 3 rings (SSSR count). The van der Waals surface area contributed by atoms with Crippen molar-refractivity contribution in [1.82, 2.24) is 10.2 Å². The fraction of sp³-hybridized carbons (Fsp3) is 0.650. The Bertz CT molecular complexity index is 784. The minimum absolute atomic E-state index is 0.127. The number of carbonyl (C=O) groups excluding carboxylic acids is 1. The van der Waals surface area contributed by atoms with Crippen LogP contribution in [0.4, 0.5) is 5.69 Å². The molecular weight excluding hydrogens is 362 g/mol. The number of anilines is 1. The summed E-state index contributed by atoms with van der Waals surface area (Å²) in [5.41, 5.74) is 2.15. The monoisotopic (exact) mass is 393 g/mol. The number of piperidine rings is 1. The number of benzene rings is 1. The van der Waals surface area contributed by atoms with Crippen molar-refractivity contribution >= 4 is 21.6 Å². The van der Waals surface area contributed by atoms with Crippen LogP contribution < -0.4 is 9.62 Å². The van der Waals surface area contributed by atoms with E-state index in [-0.39, 0.29) is 5.91 Å². The SMILES string of the molecule is CC(C)N1CCC(CCNC(=O)c2ccc3c(c2)N(S(C)(=O)=O)CC3)CC1. The summed E-state index contributed by atoms with van der Waals surface area (Å²) in [5.74, 6) is 0.541. The summed E-state index contributed by atoms with van der Waals surface area (Å²) in [6.45, 7) is 7.88. The van der Waals surface area contributed by atoms with Crippen LogP contribution in [0.1, 0.15) is 49.0 Å². The Morgan fingerprint density at radius 1 is 1.22 bits per heavy atom. The highest BCUT2D eigenvalue weighted by molar-refractivity contribution is 7.92. The number of hydrogen-bond donors (Lipinski definition) is 1. The summed E-state index contributed by atoms with van der Waals surface area (Å²) in [5, 5.41) is 3.00. The van der Waals surface area contributed by atoms with Gasteiger partial charge in [0.2, 0.25) is 10.0 Å². The molecule has 2 aliphatic heterocycles. The van der Waals surface area contributed by atoms with Gasteiger partial charge in [0.15, 0.2) is 0 Å². The van der Waals surface area contributed by atoms with Crippen molar-refractivity contribution in [3.63, 3.8) is 0 Å². The highest BCUT2D eigenvalue weighted by Gasteiger charge is 2.27. The van der Waals surface area contributed by atoms with Crippen molar-refractivity contribution in [2.75, 3.05) is 36.7 Å². The van der Waals surface area contributed by atoms with E-state index in [4.69, 9.17) is 0 Å². The molecule has 6 nitrogen and oxygen atoms in total. The number of rotatable bonds is 6. The standard InChI is InChI=1S/C20H31N3O3S/c1-15(2)22-11-7-16(8-12-22)6-10-21-20(24)18-5-4-17-9-13-23(19(17)14-18)27(3,25)26/h4-5,14-16H,6-13H2,1-3H3,(H,21,24). The Morgan fingerprint density at radius 2 is 1.93 bits per heavy atom. The molecule has 1 aromatic carbocycles. The fourth-order valence-corrected chi connectivity index (χ4v) is 5.04. The number of sulfonamides is 1. The van der Waals surface area contributed by atoms with Crippen LogP contribution in [0.3, 0.4) is 0 Å². The summed E-state index contributed by atoms with van der Waals surface area (Å²) in [6, 6.07) is 5.98. The Morgan fingerprint density at radius 3 is 2.56 bits per heavy atom. The average Bonchev–Trinajstić information content (AvgIpc) is 3.05. The van der Waals surface area contributed by atoms with E-state index in [1.807, 2.05) is 6.07 Å². The molecule has 2 heterocycles. The fourth-order valence-electron chi connectivity index (χ4n) is 4.09. The van der Waals surface area contributed by atoms with Crippen LogP contribution in [0, 0.1) is 5.92 Å². The van der Waals surface area contributed by atoms with Crippen molar-refractivity contribution in [3.05, 3.63) is 29.3 Å². The van der Waals surface area contributed by atoms with Gasteiger partial charge in [0.25, 0.3) is 5.91 Å². The van der Waals surface area contributed by atoms with Gasteiger partial charge in [0, 0.05) is 24.7 Å². The summed E-state index contributed by atoms with van der Waals surface area (Å²) < 4.78 is 25.2. The van der Waals surface area contributed by atoms with Crippen molar-refractivity contribution in [2.24, 2.45) is 5.92 Å². The normalized spacial score (nSPS) is 18.7. The quantitative estimate of drug-likeness (QED) is 0.805. The minimum Gasteiger partial charge on any atom is -0.352 e. The van der Waals surface area contributed by atoms with E-state index >= 15 is 0 Å². The van der Waals surface area contributed by atoms with E-state index in [9.17, 15) is 13.2 Å². The molecule has 0 spiro atoms. The second kappa shape index (κ2) is 8.19. The first kappa shape index (κ1) is 20.1. The number of fused-ring (bicyclic) bond motifs is 1. The van der Waals surface area contributed by atoms with Crippen molar-refractivity contribution in [1.29, 1.82) is 0 Å². The molecule has 1 N–H and O–H groups in total. The van der Waals surface area contributed by atoms with Gasteiger partial charge in [-0.05, 0) is 76.2 Å². The van der Waals surface area contributed by atoms with E-state index in [2.05, 4.69) is 24.1 Å². The molecule has 2 aliphatic rings. The van der Waals surface area contributed by atoms with Crippen molar-refractivity contribution in [2.45, 2.75) is 45.6 Å². The summed E-state index contributed by atoms with van der Waals surface area (Å²) in [6.07, 6.45) is 5.28. The molecule has 7 heteroatoms. The van der Waals surface area contributed by atoms with Crippen LogP contribution in [0.5, 0.6) is 0 Å². The van der Waals surface area contributed by atoms with Gasteiger partial charge in [0.05, 0.1) is 11.9 Å². The van der Waals surface area contributed by atoms with Crippen LogP contribution >= 0.6 is 0 Å². The van der Waals surface area contributed by atoms with Gasteiger partial charge in [-0.25, -0.2) is 8.42 Å². The van der Waals surface area contributed by atoms with Crippen molar-refractivity contribution < 1.29 is 13.2 Å². The van der Waals surface area contributed by atoms with E-state index in [0.29, 0.717) is 42.7 Å². The molecule has 1 amide bonds. The molecule has 27 heavy (non-hydrogen) atoms. The number of nitrogens with one attached hydrogen (secondary N) is 1. The molecular formula is C20H31N3O3S. The molecule has 1 fully saturated rings. The number of likely N-dealkylation sites (tertiary alicyclic amines) is 1. The Labute approximate surface area is 163 Å². The van der Waals surface area contributed by atoms with Crippen LogP contribution in [-0.4, -0.2) is 57.7 Å². The predicted octanol–water partition coefficient (Wildman–Crippen LogP) is 2.25. The molecule has 0 unspecified atom stereocenters. The lowest BCUT2D eigenvalue weighted by Crippen LogP contribution is -2.39. The summed E-state index contributed by atoms with van der Waals surface area (Å²) >= 11 is 0. The average molecular weight is 394 g/mol. The maximum absolute atomic E-state index is 12.5. The van der Waals surface area contributed by atoms with Gasteiger partial charge in [-0.2, -0.15) is 0 Å². The van der Waals surface area contributed by atoms with E-state index in [0.717, 1.165) is 25.1 Å². The highest BCUT2D eigenvalue weighted by atomic mass is 32.2. The molecule has 1 aromatic rings. The van der Waals surface area contributed by atoms with Gasteiger partial charge >= 0.3 is 0 Å². The lowest BCUT2D eigenvalue weighted by Gasteiger charge is -2.34. The molecule has 0 aromatic heterocycles. The number of hydrogen-bond acceptors (Lipinski definition) is 4. The van der Waals surface area contributed by atoms with E-state index in [1.165, 1.54) is 23.4 Å². The molecule has 0 radical (unpaired) electrons. The van der Waals surface area contributed by atoms with Crippen LogP contribution in [0.15, 0.2) is 18.2 Å². The second-order valence-electron chi connectivity index (χ2n) is 8.05. The maximum Gasteiger partial charge on any atom is 0.251 e. The van der Waals surface area contributed by atoms with Crippen LogP contribution in [0.2, 0.25) is 0 Å². The third-order valence-corrected chi connectivity index (χ3v) is 7.00. The molecule has 0 bridgehead atoms. The summed E-state index contributed by atoms with van der Waals surface area (Å²) in [7, 11) is -3.30. The zero-order valence-corrected chi connectivity index (χ0v) is 17.4. The van der Waals surface area contributed by atoms with Crippen LogP contribution in [0.25, 0.3) is 0 Å². The third kappa shape index (κ3) is 4.82. The lowest BCUT2D eigenvalue weighted by atomic mass is 9.93. The topological polar surface area (TPSA) is 69.7 Å². The van der Waals surface area contributed by atoms with Gasteiger partial charge in [0.1, 0.15) is 0 Å². The Kier molecular flexibility index (Phi) is 6.11. The largest absolute Gasteiger partial charge is 0.352 e. The second-order valence-corrected chi connectivity index (χ2v) is 9.95. The van der Waals surface area contributed by atoms with E-state index < -0.39 is 10.0 Å². The van der Waals surface area contributed by atoms with Gasteiger partial charge < -0.3 is 10.2 Å². The Hall–Kier alpha value is -1.60. The molecule has 1 saturated heterocycles. The van der Waals surface area contributed by atoms with Crippen LogP contribution in [-0.2, 0) is 16.4 Å². The maximum atomic E-state index is 12.5. The predicted molar refractivity (Wildman–Crippen MR) is 109 cm³/mol. The third-order valence-electron chi connectivity index (χ3n) is 5.82. The van der Waals surface area contributed by atoms with Crippen molar-refractivity contribution in [3.8, 4) is 0 Å². The zero-order chi connectivity index (χ0) is 19.6. The molecule has 0 aliphatic carbocycles. The number of carbonyl (C=O) groups is 1. The first-order valence-corrected chi connectivity index (χ1v) is 11.7. The minimum atomic E-state index is -3.30. The zero-order valence-electron chi connectivity index (χ0n) is 16.6. The first-order chi connectivity index (χ1) is 12.8. The molecule has 0 atom stereocenters. The number of amides is 1.